The molecule has 0 radical (unpaired) electrons. The van der Waals surface area contributed by atoms with Gasteiger partial charge in [0.05, 0.1) is 5.69 Å². The normalized spacial score (nSPS) is 12.8. The van der Waals surface area contributed by atoms with Crippen molar-refractivity contribution in [1.82, 2.24) is 15.1 Å². The first-order valence-electron chi connectivity index (χ1n) is 7.92. The largest absolute Gasteiger partial charge is 0.306 e. The molecule has 0 spiro atoms. The van der Waals surface area contributed by atoms with Crippen LogP contribution < -0.4 is 5.32 Å². The van der Waals surface area contributed by atoms with E-state index in [1.165, 1.54) is 23.2 Å². The standard InChI is InChI=1S/C18H27N3/c1-5-9-17(15-10-7-6-8-11-15)19-12-16-13-21(4)20-18(16)14(2)3/h6-8,10-11,13-14,17,19H,5,9,12H2,1-4H3. The number of nitrogens with one attached hydrogen (secondary N) is 1. The number of benzene rings is 1. The molecule has 0 aliphatic rings. The molecular formula is C18H27N3. The van der Waals surface area contributed by atoms with Crippen LogP contribution in [0.3, 0.4) is 0 Å². The molecular weight excluding hydrogens is 258 g/mol. The van der Waals surface area contributed by atoms with Crippen LogP contribution >= 0.6 is 0 Å². The highest BCUT2D eigenvalue weighted by Gasteiger charge is 2.14. The second-order valence-electron chi connectivity index (χ2n) is 6.00. The van der Waals surface area contributed by atoms with Gasteiger partial charge < -0.3 is 5.32 Å². The molecule has 21 heavy (non-hydrogen) atoms. The van der Waals surface area contributed by atoms with Gasteiger partial charge in [-0.1, -0.05) is 57.5 Å². The fraction of sp³-hybridized carbons (Fsp3) is 0.500. The molecule has 1 N–H and O–H groups in total. The first kappa shape index (κ1) is 15.8. The van der Waals surface area contributed by atoms with Gasteiger partial charge in [-0.05, 0) is 17.9 Å². The first-order chi connectivity index (χ1) is 10.1. The summed E-state index contributed by atoms with van der Waals surface area (Å²) in [6, 6.07) is 11.1. The summed E-state index contributed by atoms with van der Waals surface area (Å²) in [4.78, 5) is 0. The summed E-state index contributed by atoms with van der Waals surface area (Å²) >= 11 is 0. The fourth-order valence-corrected chi connectivity index (χ4v) is 2.77. The van der Waals surface area contributed by atoms with Crippen molar-refractivity contribution in [2.45, 2.75) is 52.1 Å². The van der Waals surface area contributed by atoms with Gasteiger partial charge in [-0.25, -0.2) is 0 Å². The van der Waals surface area contributed by atoms with E-state index < -0.39 is 0 Å². The van der Waals surface area contributed by atoms with Gasteiger partial charge in [-0.15, -0.1) is 0 Å². The number of aromatic nitrogens is 2. The molecule has 3 nitrogen and oxygen atoms in total. The monoisotopic (exact) mass is 285 g/mol. The maximum Gasteiger partial charge on any atom is 0.0694 e. The van der Waals surface area contributed by atoms with Crippen LogP contribution in [0.25, 0.3) is 0 Å². The van der Waals surface area contributed by atoms with Crippen LogP contribution in [0.1, 0.15) is 62.4 Å². The third kappa shape index (κ3) is 4.18. The maximum absolute atomic E-state index is 4.58. The van der Waals surface area contributed by atoms with Crippen LogP contribution in [0.4, 0.5) is 0 Å². The van der Waals surface area contributed by atoms with E-state index in [0.717, 1.165) is 13.0 Å². The molecule has 0 saturated heterocycles. The molecule has 0 aliphatic heterocycles. The zero-order valence-electron chi connectivity index (χ0n) is 13.6. The minimum Gasteiger partial charge on any atom is -0.306 e. The van der Waals surface area contributed by atoms with E-state index in [0.29, 0.717) is 12.0 Å². The van der Waals surface area contributed by atoms with Crippen LogP contribution in [0.2, 0.25) is 0 Å². The summed E-state index contributed by atoms with van der Waals surface area (Å²) in [7, 11) is 2.00. The zero-order valence-corrected chi connectivity index (χ0v) is 13.6. The Labute approximate surface area is 128 Å². The maximum atomic E-state index is 4.58. The van der Waals surface area contributed by atoms with Gasteiger partial charge in [0.1, 0.15) is 0 Å². The van der Waals surface area contributed by atoms with Gasteiger partial charge in [0, 0.05) is 31.4 Å². The Balaban J connectivity index is 2.09. The van der Waals surface area contributed by atoms with Gasteiger partial charge in [-0.2, -0.15) is 5.10 Å². The minimum absolute atomic E-state index is 0.413. The second kappa shape index (κ2) is 7.41. The summed E-state index contributed by atoms with van der Waals surface area (Å²) in [6.45, 7) is 7.52. The molecule has 0 fully saturated rings. The molecule has 1 aromatic heterocycles. The molecule has 114 valence electrons. The molecule has 2 aromatic rings. The highest BCUT2D eigenvalue weighted by Crippen LogP contribution is 2.21. The average Bonchev–Trinajstić information content (AvgIpc) is 2.85. The smallest absolute Gasteiger partial charge is 0.0694 e. The number of aryl methyl sites for hydroxylation is 1. The lowest BCUT2D eigenvalue weighted by molar-refractivity contribution is 0.491. The molecule has 1 unspecified atom stereocenters. The predicted octanol–water partition coefficient (Wildman–Crippen LogP) is 4.17. The van der Waals surface area contributed by atoms with Gasteiger partial charge in [0.15, 0.2) is 0 Å². The Hall–Kier alpha value is -1.61. The van der Waals surface area contributed by atoms with Crippen molar-refractivity contribution in [1.29, 1.82) is 0 Å². The molecule has 1 atom stereocenters. The van der Waals surface area contributed by atoms with Crippen molar-refractivity contribution in [2.24, 2.45) is 7.05 Å². The van der Waals surface area contributed by atoms with Crippen LogP contribution in [0, 0.1) is 0 Å². The first-order valence-corrected chi connectivity index (χ1v) is 7.92. The number of nitrogens with zero attached hydrogens (tertiary/aromatic N) is 2. The quantitative estimate of drug-likeness (QED) is 0.827. The fourth-order valence-electron chi connectivity index (χ4n) is 2.77. The van der Waals surface area contributed by atoms with E-state index >= 15 is 0 Å². The minimum atomic E-state index is 0.413. The van der Waals surface area contributed by atoms with E-state index in [9.17, 15) is 0 Å². The lowest BCUT2D eigenvalue weighted by atomic mass is 10.0. The molecule has 1 heterocycles. The number of hydrogen-bond donors (Lipinski definition) is 1. The van der Waals surface area contributed by atoms with Gasteiger partial charge in [0.2, 0.25) is 0 Å². The Morgan fingerprint density at radius 1 is 1.19 bits per heavy atom. The Kier molecular flexibility index (Phi) is 5.57. The molecule has 0 bridgehead atoms. The van der Waals surface area contributed by atoms with Gasteiger partial charge in [-0.3, -0.25) is 4.68 Å². The topological polar surface area (TPSA) is 29.9 Å². The molecule has 3 heteroatoms. The molecule has 2 rings (SSSR count). The Bertz CT molecular complexity index is 543. The molecule has 0 aliphatic carbocycles. The molecule has 0 amide bonds. The lowest BCUT2D eigenvalue weighted by Gasteiger charge is -2.19. The number of hydrogen-bond acceptors (Lipinski definition) is 2. The van der Waals surface area contributed by atoms with Crippen molar-refractivity contribution < 1.29 is 0 Å². The van der Waals surface area contributed by atoms with Crippen LogP contribution in [0.15, 0.2) is 36.5 Å². The average molecular weight is 285 g/mol. The predicted molar refractivity (Wildman–Crippen MR) is 88.2 cm³/mol. The summed E-state index contributed by atoms with van der Waals surface area (Å²) in [5.41, 5.74) is 3.88. The summed E-state index contributed by atoms with van der Waals surface area (Å²) in [5, 5.41) is 8.29. The van der Waals surface area contributed by atoms with Crippen molar-refractivity contribution in [3.8, 4) is 0 Å². The second-order valence-corrected chi connectivity index (χ2v) is 6.00. The van der Waals surface area contributed by atoms with Crippen molar-refractivity contribution in [3.63, 3.8) is 0 Å². The molecule has 1 aromatic carbocycles. The van der Waals surface area contributed by atoms with Crippen molar-refractivity contribution in [2.75, 3.05) is 0 Å². The number of rotatable bonds is 7. The Morgan fingerprint density at radius 2 is 1.90 bits per heavy atom. The van der Waals surface area contributed by atoms with E-state index in [2.05, 4.69) is 67.7 Å². The third-order valence-electron chi connectivity index (χ3n) is 3.80. The van der Waals surface area contributed by atoms with Crippen LogP contribution in [0.5, 0.6) is 0 Å². The molecule has 0 saturated carbocycles. The van der Waals surface area contributed by atoms with Crippen LogP contribution in [-0.2, 0) is 13.6 Å². The lowest BCUT2D eigenvalue weighted by Crippen LogP contribution is -2.21. The van der Waals surface area contributed by atoms with Crippen LogP contribution in [-0.4, -0.2) is 9.78 Å². The van der Waals surface area contributed by atoms with E-state index in [1.54, 1.807) is 0 Å². The van der Waals surface area contributed by atoms with E-state index in [1.807, 2.05) is 11.7 Å². The summed E-state index contributed by atoms with van der Waals surface area (Å²) in [6.07, 6.45) is 4.47. The van der Waals surface area contributed by atoms with Gasteiger partial charge >= 0.3 is 0 Å². The van der Waals surface area contributed by atoms with E-state index in [4.69, 9.17) is 0 Å². The summed E-state index contributed by atoms with van der Waals surface area (Å²) in [5.74, 6) is 0.462. The third-order valence-corrected chi connectivity index (χ3v) is 3.80. The highest BCUT2D eigenvalue weighted by molar-refractivity contribution is 5.22. The zero-order chi connectivity index (χ0) is 15.2. The Morgan fingerprint density at radius 3 is 2.52 bits per heavy atom. The van der Waals surface area contributed by atoms with Gasteiger partial charge in [0.25, 0.3) is 0 Å². The van der Waals surface area contributed by atoms with Crippen molar-refractivity contribution in [3.05, 3.63) is 53.3 Å². The SMILES string of the molecule is CCCC(NCc1cn(C)nc1C(C)C)c1ccccc1. The highest BCUT2D eigenvalue weighted by atomic mass is 15.3. The summed E-state index contributed by atoms with van der Waals surface area (Å²) < 4.78 is 1.92. The van der Waals surface area contributed by atoms with E-state index in [-0.39, 0.29) is 0 Å². The van der Waals surface area contributed by atoms with Crippen molar-refractivity contribution >= 4 is 0 Å².